The molecule has 1 N–H and O–H groups in total. The van der Waals surface area contributed by atoms with Crippen molar-refractivity contribution in [2.24, 2.45) is 0 Å². The summed E-state index contributed by atoms with van der Waals surface area (Å²) >= 11 is 1.82. The average molecular weight is 225 g/mol. The van der Waals surface area contributed by atoms with Gasteiger partial charge in [-0.1, -0.05) is 0 Å². The molecule has 0 aromatic carbocycles. The number of rotatable bonds is 3. The van der Waals surface area contributed by atoms with Crippen LogP contribution in [0.2, 0.25) is 0 Å². The molecule has 0 spiro atoms. The molecule has 2 rings (SSSR count). The molecule has 1 fully saturated rings. The van der Waals surface area contributed by atoms with Crippen LogP contribution in [0.5, 0.6) is 0 Å². The van der Waals surface area contributed by atoms with Crippen molar-refractivity contribution < 1.29 is 4.74 Å². The topological polar surface area (TPSA) is 47.0 Å². The second-order valence-corrected chi connectivity index (χ2v) is 4.74. The molecule has 0 aliphatic carbocycles. The lowest BCUT2D eigenvalue weighted by Crippen LogP contribution is -2.17. The molecule has 0 atom stereocenters. The van der Waals surface area contributed by atoms with Crippen LogP contribution in [-0.2, 0) is 4.74 Å². The van der Waals surface area contributed by atoms with Crippen LogP contribution >= 0.6 is 11.8 Å². The van der Waals surface area contributed by atoms with Crippen LogP contribution in [0.25, 0.3) is 0 Å². The predicted molar refractivity (Wildman–Crippen MR) is 61.3 cm³/mol. The second kappa shape index (κ2) is 5.32. The van der Waals surface area contributed by atoms with E-state index in [0.29, 0.717) is 5.25 Å². The number of nitrogens with one attached hydrogen (secondary N) is 1. The molecule has 1 aromatic rings. The summed E-state index contributed by atoms with van der Waals surface area (Å²) in [4.78, 5) is 8.34. The number of hydrogen-bond acceptors (Lipinski definition) is 5. The molecule has 1 saturated heterocycles. The Kier molecular flexibility index (Phi) is 3.80. The van der Waals surface area contributed by atoms with Gasteiger partial charge in [0.25, 0.3) is 0 Å². The Morgan fingerprint density at radius 3 is 2.93 bits per heavy atom. The van der Waals surface area contributed by atoms with Crippen molar-refractivity contribution in [1.29, 1.82) is 0 Å². The van der Waals surface area contributed by atoms with Crippen molar-refractivity contribution in [3.63, 3.8) is 0 Å². The van der Waals surface area contributed by atoms with Crippen molar-refractivity contribution in [2.45, 2.75) is 23.1 Å². The van der Waals surface area contributed by atoms with Crippen LogP contribution in [0.4, 0.5) is 5.82 Å². The van der Waals surface area contributed by atoms with Crippen LogP contribution in [0.15, 0.2) is 17.4 Å². The maximum Gasteiger partial charge on any atom is 0.130 e. The van der Waals surface area contributed by atoms with E-state index in [-0.39, 0.29) is 0 Å². The maximum atomic E-state index is 5.32. The van der Waals surface area contributed by atoms with E-state index in [0.717, 1.165) is 36.9 Å². The Morgan fingerprint density at radius 2 is 2.20 bits per heavy atom. The van der Waals surface area contributed by atoms with E-state index in [2.05, 4.69) is 15.3 Å². The monoisotopic (exact) mass is 225 g/mol. The SMILES string of the molecule is CNc1cc(SC2CCOCC2)ncn1. The summed E-state index contributed by atoms with van der Waals surface area (Å²) in [6.07, 6.45) is 3.83. The summed E-state index contributed by atoms with van der Waals surface area (Å²) in [7, 11) is 1.87. The minimum Gasteiger partial charge on any atom is -0.381 e. The van der Waals surface area contributed by atoms with Crippen LogP contribution in [0.1, 0.15) is 12.8 Å². The van der Waals surface area contributed by atoms with E-state index in [1.165, 1.54) is 0 Å². The Balaban J connectivity index is 1.96. The smallest absolute Gasteiger partial charge is 0.130 e. The zero-order chi connectivity index (χ0) is 10.5. The van der Waals surface area contributed by atoms with E-state index in [1.54, 1.807) is 6.33 Å². The van der Waals surface area contributed by atoms with Gasteiger partial charge in [0.2, 0.25) is 0 Å². The first-order chi connectivity index (χ1) is 7.38. The molecule has 1 aromatic heterocycles. The molecule has 0 radical (unpaired) electrons. The molecule has 4 nitrogen and oxygen atoms in total. The average Bonchev–Trinajstić information content (AvgIpc) is 2.31. The standard InChI is InChI=1S/C10H15N3OS/c1-11-9-6-10(13-7-12-9)15-8-2-4-14-5-3-8/h6-8H,2-5H2,1H3,(H,11,12,13). The Bertz CT molecular complexity index is 315. The second-order valence-electron chi connectivity index (χ2n) is 3.42. The number of anilines is 1. The molecular formula is C10H15N3OS. The lowest BCUT2D eigenvalue weighted by molar-refractivity contribution is 0.1000. The van der Waals surface area contributed by atoms with Gasteiger partial charge in [-0.05, 0) is 12.8 Å². The number of nitrogens with zero attached hydrogens (tertiary/aromatic N) is 2. The van der Waals surface area contributed by atoms with Gasteiger partial charge in [0, 0.05) is 31.6 Å². The first-order valence-corrected chi connectivity index (χ1v) is 6.00. The fraction of sp³-hybridized carbons (Fsp3) is 0.600. The van der Waals surface area contributed by atoms with Gasteiger partial charge in [0.1, 0.15) is 17.2 Å². The number of ether oxygens (including phenoxy) is 1. The quantitative estimate of drug-likeness (QED) is 0.795. The molecule has 2 heterocycles. The van der Waals surface area contributed by atoms with Crippen molar-refractivity contribution in [2.75, 3.05) is 25.6 Å². The van der Waals surface area contributed by atoms with Crippen LogP contribution in [-0.4, -0.2) is 35.5 Å². The predicted octanol–water partition coefficient (Wildman–Crippen LogP) is 1.79. The summed E-state index contributed by atoms with van der Waals surface area (Å²) < 4.78 is 5.32. The largest absolute Gasteiger partial charge is 0.381 e. The van der Waals surface area contributed by atoms with E-state index in [1.807, 2.05) is 24.9 Å². The Labute approximate surface area is 93.8 Å². The fourth-order valence-electron chi connectivity index (χ4n) is 1.51. The normalized spacial score (nSPS) is 17.7. The number of hydrogen-bond donors (Lipinski definition) is 1. The van der Waals surface area contributed by atoms with Gasteiger partial charge in [-0.2, -0.15) is 0 Å². The Hall–Kier alpha value is -0.810. The van der Waals surface area contributed by atoms with Gasteiger partial charge in [0.05, 0.1) is 0 Å². The van der Waals surface area contributed by atoms with Crippen molar-refractivity contribution in [3.05, 3.63) is 12.4 Å². The van der Waals surface area contributed by atoms with Gasteiger partial charge in [-0.3, -0.25) is 0 Å². The third-order valence-electron chi connectivity index (χ3n) is 2.35. The number of thioether (sulfide) groups is 1. The molecule has 0 saturated carbocycles. The highest BCUT2D eigenvalue weighted by molar-refractivity contribution is 7.99. The lowest BCUT2D eigenvalue weighted by atomic mass is 10.2. The molecule has 0 unspecified atom stereocenters. The minimum atomic E-state index is 0.637. The van der Waals surface area contributed by atoms with Crippen molar-refractivity contribution in [3.8, 4) is 0 Å². The first kappa shape index (κ1) is 10.7. The summed E-state index contributed by atoms with van der Waals surface area (Å²) in [6.45, 7) is 1.75. The van der Waals surface area contributed by atoms with Gasteiger partial charge in [-0.25, -0.2) is 9.97 Å². The highest BCUT2D eigenvalue weighted by Crippen LogP contribution is 2.28. The number of aromatic nitrogens is 2. The molecule has 1 aliphatic heterocycles. The molecule has 5 heteroatoms. The van der Waals surface area contributed by atoms with Gasteiger partial charge in [0.15, 0.2) is 0 Å². The molecule has 15 heavy (non-hydrogen) atoms. The van der Waals surface area contributed by atoms with Crippen LogP contribution < -0.4 is 5.32 Å². The Morgan fingerprint density at radius 1 is 1.40 bits per heavy atom. The first-order valence-electron chi connectivity index (χ1n) is 5.12. The molecular weight excluding hydrogens is 210 g/mol. The lowest BCUT2D eigenvalue weighted by Gasteiger charge is -2.20. The minimum absolute atomic E-state index is 0.637. The van der Waals surface area contributed by atoms with Crippen LogP contribution in [0.3, 0.4) is 0 Å². The zero-order valence-corrected chi connectivity index (χ0v) is 9.59. The van der Waals surface area contributed by atoms with Gasteiger partial charge >= 0.3 is 0 Å². The van der Waals surface area contributed by atoms with E-state index < -0.39 is 0 Å². The third-order valence-corrected chi connectivity index (χ3v) is 3.62. The molecule has 1 aliphatic rings. The van der Waals surface area contributed by atoms with Crippen LogP contribution in [0, 0.1) is 0 Å². The molecule has 0 bridgehead atoms. The summed E-state index contributed by atoms with van der Waals surface area (Å²) in [5, 5.41) is 4.70. The summed E-state index contributed by atoms with van der Waals surface area (Å²) in [5.74, 6) is 0.875. The molecule has 0 amide bonds. The van der Waals surface area contributed by atoms with Gasteiger partial charge < -0.3 is 10.1 Å². The molecule has 82 valence electrons. The summed E-state index contributed by atoms with van der Waals surface area (Å²) in [6, 6.07) is 1.99. The van der Waals surface area contributed by atoms with Gasteiger partial charge in [-0.15, -0.1) is 11.8 Å². The van der Waals surface area contributed by atoms with Crippen molar-refractivity contribution >= 4 is 17.6 Å². The maximum absolute atomic E-state index is 5.32. The van der Waals surface area contributed by atoms with Crippen molar-refractivity contribution in [1.82, 2.24) is 9.97 Å². The summed E-state index contributed by atoms with van der Waals surface area (Å²) in [5.41, 5.74) is 0. The van der Waals surface area contributed by atoms with E-state index >= 15 is 0 Å². The van der Waals surface area contributed by atoms with E-state index in [4.69, 9.17) is 4.74 Å². The zero-order valence-electron chi connectivity index (χ0n) is 8.77. The highest BCUT2D eigenvalue weighted by atomic mass is 32.2. The van der Waals surface area contributed by atoms with E-state index in [9.17, 15) is 0 Å². The fourth-order valence-corrected chi connectivity index (χ4v) is 2.56. The highest BCUT2D eigenvalue weighted by Gasteiger charge is 2.15. The third kappa shape index (κ3) is 3.07.